The van der Waals surface area contributed by atoms with Crippen LogP contribution in [0.3, 0.4) is 0 Å². The first-order valence-corrected chi connectivity index (χ1v) is 11.2. The first-order valence-electron chi connectivity index (χ1n) is 11.2. The number of benzene rings is 3. The van der Waals surface area contributed by atoms with Gasteiger partial charge in [-0.1, -0.05) is 57.2 Å². The van der Waals surface area contributed by atoms with Gasteiger partial charge < -0.3 is 9.40 Å². The summed E-state index contributed by atoms with van der Waals surface area (Å²) in [5.41, 5.74) is 10.6. The van der Waals surface area contributed by atoms with Crippen molar-refractivity contribution < 1.29 is 4.42 Å². The summed E-state index contributed by atoms with van der Waals surface area (Å²) in [4.78, 5) is 7.83. The lowest BCUT2D eigenvalue weighted by atomic mass is 9.86. The predicted octanol–water partition coefficient (Wildman–Crippen LogP) is 6.82. The summed E-state index contributed by atoms with van der Waals surface area (Å²) in [6.07, 6.45) is 0. The van der Waals surface area contributed by atoms with E-state index in [1.807, 2.05) is 30.3 Å². The van der Waals surface area contributed by atoms with Crippen molar-refractivity contribution in [2.45, 2.75) is 40.0 Å². The van der Waals surface area contributed by atoms with Crippen molar-refractivity contribution in [1.29, 1.82) is 0 Å². The Morgan fingerprint density at radius 2 is 1.64 bits per heavy atom. The van der Waals surface area contributed by atoms with E-state index in [0.29, 0.717) is 5.95 Å². The van der Waals surface area contributed by atoms with Crippen molar-refractivity contribution in [2.24, 2.45) is 5.10 Å². The Hall–Kier alpha value is -3.86. The van der Waals surface area contributed by atoms with Gasteiger partial charge in [-0.05, 0) is 60.2 Å². The molecule has 0 unspecified atom stereocenters. The molecular weight excluding hydrogens is 408 g/mol. The van der Waals surface area contributed by atoms with Gasteiger partial charge in [-0.2, -0.15) is 5.10 Å². The highest BCUT2D eigenvalue weighted by Gasteiger charge is 2.14. The van der Waals surface area contributed by atoms with E-state index in [1.54, 1.807) is 0 Å². The fourth-order valence-corrected chi connectivity index (χ4v) is 3.91. The van der Waals surface area contributed by atoms with Crippen LogP contribution in [-0.2, 0) is 5.41 Å². The maximum Gasteiger partial charge on any atom is 0.222 e. The number of nitrogens with zero attached hydrogens (tertiary/aromatic N) is 2. The van der Waals surface area contributed by atoms with E-state index in [0.717, 1.165) is 38.7 Å². The number of para-hydroxylation sites is 2. The topological polar surface area (TPSA) is 66.2 Å². The van der Waals surface area contributed by atoms with E-state index in [2.05, 4.69) is 86.4 Å². The zero-order valence-corrected chi connectivity index (χ0v) is 19.7. The van der Waals surface area contributed by atoms with E-state index in [4.69, 9.17) is 9.52 Å². The van der Waals surface area contributed by atoms with Crippen LogP contribution in [0.1, 0.15) is 37.5 Å². The van der Waals surface area contributed by atoms with Gasteiger partial charge in [-0.15, -0.1) is 0 Å². The molecule has 0 bridgehead atoms. The number of aromatic amines is 1. The van der Waals surface area contributed by atoms with Crippen LogP contribution in [0.15, 0.2) is 76.2 Å². The van der Waals surface area contributed by atoms with Crippen LogP contribution in [0.5, 0.6) is 0 Å². The zero-order chi connectivity index (χ0) is 23.2. The Kier molecular flexibility index (Phi) is 5.05. The molecule has 0 saturated heterocycles. The van der Waals surface area contributed by atoms with Crippen molar-refractivity contribution >= 4 is 28.0 Å². The third-order valence-corrected chi connectivity index (χ3v) is 6.07. The standard InChI is InChI=1S/C28H28N4O/c1-17-14-21-24(31-32-27-29-22-8-6-7-9-23(22)30-27)16-25(33-26(21)15-18(17)2)19-10-12-20(13-11-19)28(3,4)5/h6-16H,1-5H3,(H2,29,30,32). The molecule has 5 nitrogen and oxygen atoms in total. The van der Waals surface area contributed by atoms with E-state index in [9.17, 15) is 0 Å². The van der Waals surface area contributed by atoms with Gasteiger partial charge in [0.05, 0.1) is 16.4 Å². The van der Waals surface area contributed by atoms with Crippen LogP contribution in [0.2, 0.25) is 0 Å². The monoisotopic (exact) mass is 436 g/mol. The van der Waals surface area contributed by atoms with Crippen molar-refractivity contribution in [3.8, 4) is 11.3 Å². The summed E-state index contributed by atoms with van der Waals surface area (Å²) in [7, 11) is 0. The normalized spacial score (nSPS) is 12.6. The highest BCUT2D eigenvalue weighted by molar-refractivity contribution is 5.80. The minimum absolute atomic E-state index is 0.102. The molecule has 3 aromatic carbocycles. The van der Waals surface area contributed by atoms with Gasteiger partial charge in [0, 0.05) is 17.0 Å². The fourth-order valence-electron chi connectivity index (χ4n) is 3.91. The number of hydrogen-bond acceptors (Lipinski definition) is 4. The number of fused-ring (bicyclic) bond motifs is 2. The second kappa shape index (κ2) is 7.93. The number of H-pyrrole nitrogens is 1. The SMILES string of the molecule is Cc1cc2oc(-c3ccc(C(C)(C)C)cc3)cc(=NNc3nc4ccccc4[nH]3)c2cc1C. The first kappa shape index (κ1) is 21.0. The molecule has 2 N–H and O–H groups in total. The molecule has 0 saturated carbocycles. The number of aromatic nitrogens is 2. The number of anilines is 1. The average molecular weight is 437 g/mol. The van der Waals surface area contributed by atoms with Gasteiger partial charge in [-0.25, -0.2) is 10.4 Å². The molecule has 2 heterocycles. The quantitative estimate of drug-likeness (QED) is 0.305. The van der Waals surface area contributed by atoms with Gasteiger partial charge in [0.25, 0.3) is 0 Å². The molecule has 33 heavy (non-hydrogen) atoms. The molecule has 5 heteroatoms. The summed E-state index contributed by atoms with van der Waals surface area (Å²) in [5, 5.41) is 6.47. The van der Waals surface area contributed by atoms with E-state index < -0.39 is 0 Å². The molecule has 0 aliphatic carbocycles. The fraction of sp³-hybridized carbons (Fsp3) is 0.214. The van der Waals surface area contributed by atoms with Crippen molar-refractivity contribution in [3.63, 3.8) is 0 Å². The lowest BCUT2D eigenvalue weighted by Crippen LogP contribution is -2.10. The number of nitrogens with one attached hydrogen (secondary N) is 2. The maximum absolute atomic E-state index is 6.34. The summed E-state index contributed by atoms with van der Waals surface area (Å²) in [5.74, 6) is 1.38. The molecule has 0 atom stereocenters. The van der Waals surface area contributed by atoms with Gasteiger partial charge >= 0.3 is 0 Å². The highest BCUT2D eigenvalue weighted by Crippen LogP contribution is 2.28. The lowest BCUT2D eigenvalue weighted by Gasteiger charge is -2.19. The van der Waals surface area contributed by atoms with Crippen LogP contribution in [0, 0.1) is 13.8 Å². The second-order valence-corrected chi connectivity index (χ2v) is 9.58. The van der Waals surface area contributed by atoms with Crippen LogP contribution >= 0.6 is 0 Å². The first-order chi connectivity index (χ1) is 15.8. The Morgan fingerprint density at radius 3 is 2.36 bits per heavy atom. The Bertz CT molecular complexity index is 1500. The van der Waals surface area contributed by atoms with Crippen molar-refractivity contribution in [1.82, 2.24) is 9.97 Å². The Labute approximate surface area is 193 Å². The third kappa shape index (κ3) is 4.14. The van der Waals surface area contributed by atoms with Crippen LogP contribution < -0.4 is 10.8 Å². The molecule has 0 fully saturated rings. The van der Waals surface area contributed by atoms with Gasteiger partial charge in [0.2, 0.25) is 5.95 Å². The van der Waals surface area contributed by atoms with E-state index in [-0.39, 0.29) is 5.41 Å². The Balaban J connectivity index is 1.63. The van der Waals surface area contributed by atoms with E-state index >= 15 is 0 Å². The zero-order valence-electron chi connectivity index (χ0n) is 19.7. The molecule has 0 aliphatic rings. The molecule has 2 aromatic heterocycles. The van der Waals surface area contributed by atoms with Gasteiger partial charge in [-0.3, -0.25) is 0 Å². The molecule has 0 radical (unpaired) electrons. The number of hydrogen-bond donors (Lipinski definition) is 2. The molecule has 0 aliphatic heterocycles. The van der Waals surface area contributed by atoms with Crippen LogP contribution in [-0.4, -0.2) is 9.97 Å². The van der Waals surface area contributed by atoms with Crippen molar-refractivity contribution in [3.05, 3.63) is 88.8 Å². The van der Waals surface area contributed by atoms with Crippen LogP contribution in [0.25, 0.3) is 33.3 Å². The molecule has 0 amide bonds. The minimum atomic E-state index is 0.102. The van der Waals surface area contributed by atoms with Gasteiger partial charge in [0.1, 0.15) is 11.3 Å². The molecule has 5 aromatic rings. The largest absolute Gasteiger partial charge is 0.456 e. The third-order valence-electron chi connectivity index (χ3n) is 6.07. The van der Waals surface area contributed by atoms with Crippen LogP contribution in [0.4, 0.5) is 5.95 Å². The average Bonchev–Trinajstić information content (AvgIpc) is 3.21. The second-order valence-electron chi connectivity index (χ2n) is 9.58. The number of imidazole rings is 1. The molecule has 0 spiro atoms. The molecular formula is C28H28N4O. The summed E-state index contributed by atoms with van der Waals surface area (Å²) < 4.78 is 6.34. The summed E-state index contributed by atoms with van der Waals surface area (Å²) >= 11 is 0. The summed E-state index contributed by atoms with van der Waals surface area (Å²) in [6, 6.07) is 22.7. The summed E-state index contributed by atoms with van der Waals surface area (Å²) in [6.45, 7) is 10.8. The number of rotatable bonds is 3. The smallest absolute Gasteiger partial charge is 0.222 e. The highest BCUT2D eigenvalue weighted by atomic mass is 16.3. The predicted molar refractivity (Wildman–Crippen MR) is 135 cm³/mol. The van der Waals surface area contributed by atoms with Crippen molar-refractivity contribution in [2.75, 3.05) is 5.43 Å². The maximum atomic E-state index is 6.34. The molecule has 166 valence electrons. The number of aryl methyl sites for hydroxylation is 2. The van der Waals surface area contributed by atoms with E-state index in [1.165, 1.54) is 16.7 Å². The lowest BCUT2D eigenvalue weighted by molar-refractivity contribution is 0.589. The van der Waals surface area contributed by atoms with Gasteiger partial charge in [0.15, 0.2) is 0 Å². The Morgan fingerprint density at radius 1 is 0.909 bits per heavy atom. The molecule has 5 rings (SSSR count). The minimum Gasteiger partial charge on any atom is -0.456 e.